The Hall–Kier alpha value is -3.55. The van der Waals surface area contributed by atoms with Gasteiger partial charge in [0.1, 0.15) is 6.33 Å². The fraction of sp³-hybridized carbons (Fsp3) is 0.375. The number of nitrogens with zero attached hydrogens (tertiary/aromatic N) is 4. The van der Waals surface area contributed by atoms with Crippen LogP contribution in [0.4, 0.5) is 0 Å². The number of amides is 2. The summed E-state index contributed by atoms with van der Waals surface area (Å²) in [5.74, 6) is -0.324. The fourth-order valence-electron chi connectivity index (χ4n) is 4.31. The number of likely N-dealkylation sites (tertiary alicyclic amines) is 1. The average Bonchev–Trinajstić information content (AvgIpc) is 3.30. The summed E-state index contributed by atoms with van der Waals surface area (Å²) in [6, 6.07) is 9.52. The molecular formula is C24H27N5O3. The molecule has 1 saturated heterocycles. The Morgan fingerprint density at radius 2 is 1.97 bits per heavy atom. The summed E-state index contributed by atoms with van der Waals surface area (Å²) in [5.41, 5.74) is 8.59. The Labute approximate surface area is 186 Å². The zero-order valence-corrected chi connectivity index (χ0v) is 18.3. The molecule has 8 heteroatoms. The van der Waals surface area contributed by atoms with Gasteiger partial charge in [-0.05, 0) is 36.3 Å². The number of carbonyl (C=O) groups excluding carboxylic acids is 2. The lowest BCUT2D eigenvalue weighted by atomic mass is 9.73. The van der Waals surface area contributed by atoms with Gasteiger partial charge in [0.15, 0.2) is 0 Å². The van der Waals surface area contributed by atoms with E-state index in [4.69, 9.17) is 10.3 Å². The first kappa shape index (κ1) is 21.7. The summed E-state index contributed by atoms with van der Waals surface area (Å²) in [7, 11) is 0. The summed E-state index contributed by atoms with van der Waals surface area (Å²) in [6.45, 7) is 4.75. The highest BCUT2D eigenvalue weighted by molar-refractivity contribution is 5.92. The first-order valence-corrected chi connectivity index (χ1v) is 10.8. The van der Waals surface area contributed by atoms with E-state index in [1.54, 1.807) is 23.4 Å². The molecule has 1 atom stereocenters. The van der Waals surface area contributed by atoms with Crippen molar-refractivity contribution in [3.8, 4) is 11.1 Å². The third-order valence-electron chi connectivity index (χ3n) is 6.14. The van der Waals surface area contributed by atoms with Crippen molar-refractivity contribution in [2.75, 3.05) is 13.1 Å². The van der Waals surface area contributed by atoms with E-state index < -0.39 is 11.3 Å². The second-order valence-electron chi connectivity index (χ2n) is 8.71. The number of rotatable bonds is 6. The first-order valence-electron chi connectivity index (χ1n) is 10.8. The molecule has 0 spiro atoms. The van der Waals surface area contributed by atoms with Crippen molar-refractivity contribution in [1.29, 1.82) is 0 Å². The number of aromatic nitrogens is 3. The normalized spacial score (nSPS) is 18.7. The van der Waals surface area contributed by atoms with Crippen LogP contribution in [0.3, 0.4) is 0 Å². The highest BCUT2D eigenvalue weighted by atomic mass is 16.5. The monoisotopic (exact) mass is 433 g/mol. The van der Waals surface area contributed by atoms with Crippen LogP contribution in [-0.2, 0) is 11.2 Å². The maximum Gasteiger partial charge on any atom is 0.292 e. The maximum atomic E-state index is 13.1. The number of piperidine rings is 1. The zero-order valence-electron chi connectivity index (χ0n) is 18.3. The van der Waals surface area contributed by atoms with Gasteiger partial charge in [0, 0.05) is 37.1 Å². The Bertz CT molecular complexity index is 1110. The second-order valence-corrected chi connectivity index (χ2v) is 8.71. The van der Waals surface area contributed by atoms with Gasteiger partial charge in [-0.1, -0.05) is 43.3 Å². The number of hydrogen-bond donors (Lipinski definition) is 1. The van der Waals surface area contributed by atoms with Crippen molar-refractivity contribution in [2.24, 2.45) is 11.1 Å². The lowest BCUT2D eigenvalue weighted by Gasteiger charge is -2.40. The molecule has 2 amide bonds. The van der Waals surface area contributed by atoms with Crippen molar-refractivity contribution in [3.63, 3.8) is 0 Å². The van der Waals surface area contributed by atoms with E-state index >= 15 is 0 Å². The minimum atomic E-state index is -0.874. The van der Waals surface area contributed by atoms with Crippen LogP contribution in [0.25, 0.3) is 11.1 Å². The first-order chi connectivity index (χ1) is 15.4. The SMILES string of the molecule is CC(C)c1cc(C(=O)N2CCC[C@@](Cc3ccccc3-c3cncnc3)(C(N)=O)C2)on1. The van der Waals surface area contributed by atoms with Crippen LogP contribution in [0, 0.1) is 5.41 Å². The number of carbonyl (C=O) groups is 2. The van der Waals surface area contributed by atoms with Crippen LogP contribution in [0.5, 0.6) is 0 Å². The predicted octanol–water partition coefficient (Wildman–Crippen LogP) is 3.21. The van der Waals surface area contributed by atoms with Gasteiger partial charge >= 0.3 is 0 Å². The number of primary amides is 1. The van der Waals surface area contributed by atoms with E-state index in [0.717, 1.165) is 22.4 Å². The van der Waals surface area contributed by atoms with Crippen molar-refractivity contribution in [1.82, 2.24) is 20.0 Å². The number of hydrogen-bond acceptors (Lipinski definition) is 6. The van der Waals surface area contributed by atoms with Crippen LogP contribution < -0.4 is 5.73 Å². The maximum absolute atomic E-state index is 13.1. The van der Waals surface area contributed by atoms with E-state index in [9.17, 15) is 9.59 Å². The van der Waals surface area contributed by atoms with Crippen molar-refractivity contribution < 1.29 is 14.1 Å². The largest absolute Gasteiger partial charge is 0.369 e. The highest BCUT2D eigenvalue weighted by Gasteiger charge is 2.43. The second kappa shape index (κ2) is 8.90. The Balaban J connectivity index is 1.62. The molecule has 3 aromatic rings. The lowest BCUT2D eigenvalue weighted by molar-refractivity contribution is -0.130. The van der Waals surface area contributed by atoms with Gasteiger partial charge in [-0.25, -0.2) is 9.97 Å². The van der Waals surface area contributed by atoms with Crippen LogP contribution >= 0.6 is 0 Å². The van der Waals surface area contributed by atoms with E-state index in [0.29, 0.717) is 25.8 Å². The van der Waals surface area contributed by atoms with Gasteiger partial charge in [-0.2, -0.15) is 0 Å². The van der Waals surface area contributed by atoms with Crippen LogP contribution in [0.15, 0.2) is 53.6 Å². The molecule has 0 unspecified atom stereocenters. The summed E-state index contributed by atoms with van der Waals surface area (Å²) in [5, 5.41) is 3.99. The summed E-state index contributed by atoms with van der Waals surface area (Å²) < 4.78 is 5.29. The van der Waals surface area contributed by atoms with Gasteiger partial charge in [0.05, 0.1) is 11.1 Å². The standard InChI is InChI=1S/C24H27N5O3/c1-16(2)20-10-21(32-28-20)22(30)29-9-5-8-24(14-29,23(25)31)11-17-6-3-4-7-19(17)18-12-26-15-27-13-18/h3-4,6-7,10,12-13,15-16H,5,8-9,11,14H2,1-2H3,(H2,25,31)/t24-/m0/s1. The van der Waals surface area contributed by atoms with Gasteiger partial charge in [0.25, 0.3) is 5.91 Å². The molecule has 1 aromatic carbocycles. The Morgan fingerprint density at radius 3 is 2.66 bits per heavy atom. The fourth-order valence-corrected chi connectivity index (χ4v) is 4.31. The third-order valence-corrected chi connectivity index (χ3v) is 6.14. The minimum Gasteiger partial charge on any atom is -0.369 e. The molecular weight excluding hydrogens is 406 g/mol. The van der Waals surface area contributed by atoms with Gasteiger partial charge in [-0.15, -0.1) is 0 Å². The Morgan fingerprint density at radius 1 is 1.22 bits per heavy atom. The lowest BCUT2D eigenvalue weighted by Crippen LogP contribution is -2.53. The molecule has 0 radical (unpaired) electrons. The smallest absolute Gasteiger partial charge is 0.292 e. The van der Waals surface area contributed by atoms with Gasteiger partial charge < -0.3 is 15.2 Å². The molecule has 0 bridgehead atoms. The van der Waals surface area contributed by atoms with E-state index in [2.05, 4.69) is 15.1 Å². The molecule has 1 aliphatic heterocycles. The average molecular weight is 434 g/mol. The topological polar surface area (TPSA) is 115 Å². The summed E-state index contributed by atoms with van der Waals surface area (Å²) in [4.78, 5) is 35.7. The van der Waals surface area contributed by atoms with Crippen molar-refractivity contribution >= 4 is 11.8 Å². The molecule has 2 N–H and O–H groups in total. The predicted molar refractivity (Wildman–Crippen MR) is 119 cm³/mol. The molecule has 1 aliphatic rings. The molecule has 0 saturated carbocycles. The molecule has 32 heavy (non-hydrogen) atoms. The molecule has 8 nitrogen and oxygen atoms in total. The number of benzene rings is 1. The molecule has 166 valence electrons. The summed E-state index contributed by atoms with van der Waals surface area (Å²) >= 11 is 0. The Kier molecular flexibility index (Phi) is 6.03. The van der Waals surface area contributed by atoms with E-state index in [-0.39, 0.29) is 24.1 Å². The molecule has 0 aliphatic carbocycles. The third kappa shape index (κ3) is 4.26. The van der Waals surface area contributed by atoms with Gasteiger partial charge in [0.2, 0.25) is 11.7 Å². The van der Waals surface area contributed by atoms with Crippen molar-refractivity contribution in [3.05, 3.63) is 66.1 Å². The van der Waals surface area contributed by atoms with Crippen molar-refractivity contribution in [2.45, 2.75) is 39.0 Å². The highest BCUT2D eigenvalue weighted by Crippen LogP contribution is 2.37. The van der Waals surface area contributed by atoms with E-state index in [1.807, 2.05) is 38.1 Å². The quantitative estimate of drug-likeness (QED) is 0.638. The van der Waals surface area contributed by atoms with Gasteiger partial charge in [-0.3, -0.25) is 9.59 Å². The van der Waals surface area contributed by atoms with E-state index in [1.165, 1.54) is 6.33 Å². The molecule has 3 heterocycles. The zero-order chi connectivity index (χ0) is 22.7. The van der Waals surface area contributed by atoms with Crippen LogP contribution in [-0.4, -0.2) is 44.9 Å². The molecule has 2 aromatic heterocycles. The van der Waals surface area contributed by atoms with Crippen LogP contribution in [0.2, 0.25) is 0 Å². The number of nitrogens with two attached hydrogens (primary N) is 1. The molecule has 1 fully saturated rings. The minimum absolute atomic E-state index is 0.157. The summed E-state index contributed by atoms with van der Waals surface area (Å²) in [6.07, 6.45) is 6.68. The van der Waals surface area contributed by atoms with Crippen LogP contribution in [0.1, 0.15) is 54.4 Å². The molecule has 4 rings (SSSR count).